The van der Waals surface area contributed by atoms with Crippen LogP contribution in [0, 0.1) is 6.92 Å². The van der Waals surface area contributed by atoms with E-state index < -0.39 is 12.7 Å². The van der Waals surface area contributed by atoms with Gasteiger partial charge in [-0.15, -0.1) is 0 Å². The molecule has 1 atom stereocenters. The van der Waals surface area contributed by atoms with Gasteiger partial charge in [-0.1, -0.05) is 0 Å². The topological polar surface area (TPSA) is 43.8 Å². The Hall–Kier alpha value is -1.04. The number of hydrogen-bond donors (Lipinski definition) is 1. The third-order valence-electron chi connectivity index (χ3n) is 1.96. The Balaban J connectivity index is 2.91. The molecule has 0 aliphatic heterocycles. The van der Waals surface area contributed by atoms with Crippen LogP contribution in [0.4, 0.5) is 13.2 Å². The highest BCUT2D eigenvalue weighted by molar-refractivity contribution is 5.19. The Morgan fingerprint density at radius 3 is 2.50 bits per heavy atom. The van der Waals surface area contributed by atoms with E-state index in [0.29, 0.717) is 11.3 Å². The van der Waals surface area contributed by atoms with Crippen molar-refractivity contribution in [1.29, 1.82) is 0 Å². The van der Waals surface area contributed by atoms with E-state index in [-0.39, 0.29) is 6.04 Å². The molecule has 3 nitrogen and oxygen atoms in total. The van der Waals surface area contributed by atoms with E-state index >= 15 is 0 Å². The molecule has 0 radical (unpaired) electrons. The van der Waals surface area contributed by atoms with Crippen LogP contribution >= 0.6 is 0 Å². The first-order valence-electron chi connectivity index (χ1n) is 4.16. The molecule has 0 spiro atoms. The molecular formula is C8H12F3N3. The average Bonchev–Trinajstić information content (AvgIpc) is 2.29. The minimum absolute atomic E-state index is 0.294. The van der Waals surface area contributed by atoms with Crippen molar-refractivity contribution in [3.8, 4) is 0 Å². The number of hydrogen-bond acceptors (Lipinski definition) is 2. The van der Waals surface area contributed by atoms with Gasteiger partial charge in [-0.2, -0.15) is 18.3 Å². The van der Waals surface area contributed by atoms with Gasteiger partial charge in [0.1, 0.15) is 6.54 Å². The molecule has 0 amide bonds. The number of nitrogens with two attached hydrogens (primary N) is 1. The van der Waals surface area contributed by atoms with Crippen molar-refractivity contribution in [2.45, 2.75) is 32.6 Å². The summed E-state index contributed by atoms with van der Waals surface area (Å²) in [5.74, 6) is 0. The molecule has 6 heteroatoms. The number of aromatic nitrogens is 2. The van der Waals surface area contributed by atoms with Crippen molar-refractivity contribution >= 4 is 0 Å². The summed E-state index contributed by atoms with van der Waals surface area (Å²) in [5, 5.41) is 3.64. The van der Waals surface area contributed by atoms with Crippen LogP contribution in [0.15, 0.2) is 6.20 Å². The monoisotopic (exact) mass is 207 g/mol. The minimum Gasteiger partial charge on any atom is -0.324 e. The van der Waals surface area contributed by atoms with Crippen molar-refractivity contribution in [2.75, 3.05) is 0 Å². The lowest BCUT2D eigenvalue weighted by Gasteiger charge is -2.09. The van der Waals surface area contributed by atoms with Gasteiger partial charge in [0.15, 0.2) is 0 Å². The first kappa shape index (κ1) is 11.0. The Kier molecular flexibility index (Phi) is 2.84. The second-order valence-electron chi connectivity index (χ2n) is 3.25. The van der Waals surface area contributed by atoms with Crippen molar-refractivity contribution in [1.82, 2.24) is 9.78 Å². The van der Waals surface area contributed by atoms with Crippen LogP contribution in [0.3, 0.4) is 0 Å². The van der Waals surface area contributed by atoms with E-state index in [1.807, 2.05) is 0 Å². The van der Waals surface area contributed by atoms with E-state index in [4.69, 9.17) is 5.73 Å². The predicted octanol–water partition coefficient (Wildman–Crippen LogP) is 1.77. The van der Waals surface area contributed by atoms with E-state index in [1.165, 1.54) is 6.20 Å². The molecule has 0 aliphatic carbocycles. The molecule has 0 aromatic carbocycles. The summed E-state index contributed by atoms with van der Waals surface area (Å²) in [6.45, 7) is 2.23. The second-order valence-corrected chi connectivity index (χ2v) is 3.25. The molecule has 14 heavy (non-hydrogen) atoms. The lowest BCUT2D eigenvalue weighted by molar-refractivity contribution is -0.142. The zero-order valence-corrected chi connectivity index (χ0v) is 7.97. The number of halogens is 3. The van der Waals surface area contributed by atoms with Gasteiger partial charge in [-0.05, 0) is 13.8 Å². The average molecular weight is 207 g/mol. The molecule has 1 rings (SSSR count). The molecule has 1 heterocycles. The summed E-state index contributed by atoms with van der Waals surface area (Å²) in [4.78, 5) is 0. The summed E-state index contributed by atoms with van der Waals surface area (Å²) < 4.78 is 37.0. The summed E-state index contributed by atoms with van der Waals surface area (Å²) in [6, 6.07) is -0.294. The third-order valence-corrected chi connectivity index (χ3v) is 1.96. The lowest BCUT2D eigenvalue weighted by atomic mass is 10.1. The van der Waals surface area contributed by atoms with Crippen molar-refractivity contribution in [2.24, 2.45) is 5.73 Å². The zero-order chi connectivity index (χ0) is 10.9. The van der Waals surface area contributed by atoms with Crippen molar-refractivity contribution < 1.29 is 13.2 Å². The Bertz CT molecular complexity index is 314. The van der Waals surface area contributed by atoms with Gasteiger partial charge < -0.3 is 5.73 Å². The van der Waals surface area contributed by atoms with Crippen LogP contribution in [0.25, 0.3) is 0 Å². The molecular weight excluding hydrogens is 195 g/mol. The van der Waals surface area contributed by atoms with E-state index in [0.717, 1.165) is 4.68 Å². The van der Waals surface area contributed by atoms with Gasteiger partial charge in [0.2, 0.25) is 0 Å². The maximum Gasteiger partial charge on any atom is 0.408 e. The van der Waals surface area contributed by atoms with Crippen LogP contribution in [0.2, 0.25) is 0 Å². The number of rotatable bonds is 2. The normalized spacial score (nSPS) is 14.4. The highest BCUT2D eigenvalue weighted by Crippen LogP contribution is 2.20. The third kappa shape index (κ3) is 2.47. The summed E-state index contributed by atoms with van der Waals surface area (Å²) in [6.07, 6.45) is -2.86. The molecule has 0 fully saturated rings. The van der Waals surface area contributed by atoms with E-state index in [9.17, 15) is 13.2 Å². The minimum atomic E-state index is -4.24. The molecule has 0 saturated carbocycles. The first-order valence-corrected chi connectivity index (χ1v) is 4.16. The van der Waals surface area contributed by atoms with Crippen molar-refractivity contribution in [3.05, 3.63) is 17.5 Å². The quantitative estimate of drug-likeness (QED) is 0.803. The summed E-state index contributed by atoms with van der Waals surface area (Å²) >= 11 is 0. The Morgan fingerprint density at radius 1 is 1.57 bits per heavy atom. The van der Waals surface area contributed by atoms with Gasteiger partial charge in [0.25, 0.3) is 0 Å². The molecule has 0 saturated heterocycles. The van der Waals surface area contributed by atoms with Gasteiger partial charge in [0, 0.05) is 17.3 Å². The first-order chi connectivity index (χ1) is 6.31. The number of alkyl halides is 3. The highest BCUT2D eigenvalue weighted by atomic mass is 19.4. The van der Waals surface area contributed by atoms with Crippen LogP contribution < -0.4 is 5.73 Å². The molecule has 2 N–H and O–H groups in total. The second kappa shape index (κ2) is 3.61. The molecule has 1 aromatic rings. The smallest absolute Gasteiger partial charge is 0.324 e. The van der Waals surface area contributed by atoms with Crippen LogP contribution in [-0.4, -0.2) is 16.0 Å². The molecule has 0 bridgehead atoms. The van der Waals surface area contributed by atoms with Gasteiger partial charge in [-0.3, -0.25) is 4.68 Å². The molecule has 0 aliphatic rings. The largest absolute Gasteiger partial charge is 0.408 e. The zero-order valence-electron chi connectivity index (χ0n) is 7.97. The van der Waals surface area contributed by atoms with Gasteiger partial charge >= 0.3 is 6.18 Å². The fraction of sp³-hybridized carbons (Fsp3) is 0.625. The molecule has 1 unspecified atom stereocenters. The van der Waals surface area contributed by atoms with Crippen LogP contribution in [0.1, 0.15) is 24.2 Å². The van der Waals surface area contributed by atoms with Gasteiger partial charge in [-0.25, -0.2) is 0 Å². The van der Waals surface area contributed by atoms with Gasteiger partial charge in [0.05, 0.1) is 6.20 Å². The maximum absolute atomic E-state index is 12.0. The SMILES string of the molecule is Cc1c(C(C)N)cnn1CC(F)(F)F. The molecule has 80 valence electrons. The summed E-state index contributed by atoms with van der Waals surface area (Å²) in [5.41, 5.74) is 6.67. The van der Waals surface area contributed by atoms with Crippen molar-refractivity contribution in [3.63, 3.8) is 0 Å². The van der Waals surface area contributed by atoms with Crippen LogP contribution in [-0.2, 0) is 6.54 Å². The highest BCUT2D eigenvalue weighted by Gasteiger charge is 2.29. The lowest BCUT2D eigenvalue weighted by Crippen LogP contribution is -2.20. The fourth-order valence-corrected chi connectivity index (χ4v) is 1.24. The standard InChI is InChI=1S/C8H12F3N3/c1-5(12)7-3-13-14(6(7)2)4-8(9,10)11/h3,5H,4,12H2,1-2H3. The number of nitrogens with zero attached hydrogens (tertiary/aromatic N) is 2. The Morgan fingerprint density at radius 2 is 2.14 bits per heavy atom. The van der Waals surface area contributed by atoms with Crippen LogP contribution in [0.5, 0.6) is 0 Å². The molecule has 1 aromatic heterocycles. The predicted molar refractivity (Wildman–Crippen MR) is 45.6 cm³/mol. The fourth-order valence-electron chi connectivity index (χ4n) is 1.24. The summed E-state index contributed by atoms with van der Waals surface area (Å²) in [7, 11) is 0. The van der Waals surface area contributed by atoms with E-state index in [2.05, 4.69) is 5.10 Å². The van der Waals surface area contributed by atoms with E-state index in [1.54, 1.807) is 13.8 Å². The Labute approximate surface area is 79.7 Å². The maximum atomic E-state index is 12.0.